The molecule has 5 nitrogen and oxygen atoms in total. The van der Waals surface area contributed by atoms with Gasteiger partial charge in [-0.1, -0.05) is 58.9 Å². The van der Waals surface area contributed by atoms with Crippen molar-refractivity contribution >= 4 is 49.3 Å². The van der Waals surface area contributed by atoms with E-state index in [9.17, 15) is 0 Å². The van der Waals surface area contributed by atoms with Crippen molar-refractivity contribution in [3.63, 3.8) is 0 Å². The minimum Gasteiger partial charge on any atom is -0.503 e. The molecular formula is C35H22N4OPt. The van der Waals surface area contributed by atoms with E-state index in [1.54, 1.807) is 0 Å². The van der Waals surface area contributed by atoms with E-state index in [1.807, 2.05) is 24.4 Å². The topological polar surface area (TPSA) is 44.4 Å². The molecule has 0 unspecified atom stereocenters. The summed E-state index contributed by atoms with van der Waals surface area (Å²) in [6, 6.07) is 34.5. The van der Waals surface area contributed by atoms with Gasteiger partial charge in [-0.2, -0.15) is 6.07 Å². The summed E-state index contributed by atoms with van der Waals surface area (Å²) in [6.07, 6.45) is 2.71. The Bertz CT molecular complexity index is 2370. The summed E-state index contributed by atoms with van der Waals surface area (Å²) >= 11 is 0. The van der Waals surface area contributed by atoms with Crippen LogP contribution in [0.2, 0.25) is 0 Å². The maximum absolute atomic E-state index is 6.44. The maximum atomic E-state index is 6.44. The molecule has 0 aliphatic carbocycles. The van der Waals surface area contributed by atoms with Gasteiger partial charge in [0, 0.05) is 45.4 Å². The number of nitrogens with zero attached hydrogens (tertiary/aromatic N) is 4. The first-order chi connectivity index (χ1) is 19.7. The van der Waals surface area contributed by atoms with Crippen LogP contribution >= 0.6 is 0 Å². The molecule has 41 heavy (non-hydrogen) atoms. The molecule has 1 aliphatic heterocycles. The van der Waals surface area contributed by atoms with Crippen LogP contribution in [0.25, 0.3) is 54.9 Å². The third-order valence-electron chi connectivity index (χ3n) is 8.36. The van der Waals surface area contributed by atoms with Gasteiger partial charge in [-0.3, -0.25) is 4.98 Å². The summed E-state index contributed by atoms with van der Waals surface area (Å²) in [5, 5.41) is 5.59. The van der Waals surface area contributed by atoms with E-state index in [0.29, 0.717) is 11.5 Å². The molecule has 0 spiro atoms. The van der Waals surface area contributed by atoms with Crippen molar-refractivity contribution in [2.24, 2.45) is 0 Å². The van der Waals surface area contributed by atoms with Gasteiger partial charge in [0.15, 0.2) is 0 Å². The first kappa shape index (κ1) is 24.3. The summed E-state index contributed by atoms with van der Waals surface area (Å²) in [6.45, 7) is 4.17. The van der Waals surface area contributed by atoms with E-state index in [2.05, 4.69) is 95.6 Å². The second kappa shape index (κ2) is 8.76. The Kier molecular flexibility index (Phi) is 5.20. The van der Waals surface area contributed by atoms with Gasteiger partial charge in [0.25, 0.3) is 0 Å². The van der Waals surface area contributed by atoms with Crippen LogP contribution < -0.4 is 4.74 Å². The molecule has 198 valence electrons. The molecule has 6 heteroatoms. The van der Waals surface area contributed by atoms with E-state index >= 15 is 0 Å². The molecular weight excluding hydrogens is 687 g/mol. The number of pyridine rings is 2. The summed E-state index contributed by atoms with van der Waals surface area (Å²) < 4.78 is 10.9. The fourth-order valence-electron chi connectivity index (χ4n) is 6.45. The van der Waals surface area contributed by atoms with Crippen molar-refractivity contribution in [3.8, 4) is 17.2 Å². The third-order valence-corrected chi connectivity index (χ3v) is 8.36. The zero-order valence-corrected chi connectivity index (χ0v) is 24.6. The van der Waals surface area contributed by atoms with Crippen LogP contribution in [0, 0.1) is 26.0 Å². The molecule has 0 bridgehead atoms. The van der Waals surface area contributed by atoms with Crippen LogP contribution in [0.3, 0.4) is 0 Å². The average molecular weight is 710 g/mol. The molecule has 0 saturated heterocycles. The second-order valence-corrected chi connectivity index (χ2v) is 10.6. The predicted octanol–water partition coefficient (Wildman–Crippen LogP) is 8.04. The number of aromatic nitrogens is 4. The van der Waals surface area contributed by atoms with E-state index in [-0.39, 0.29) is 21.1 Å². The van der Waals surface area contributed by atoms with Crippen LogP contribution in [-0.2, 0) is 27.5 Å². The van der Waals surface area contributed by atoms with Gasteiger partial charge in [0.1, 0.15) is 5.65 Å². The van der Waals surface area contributed by atoms with Crippen molar-refractivity contribution in [1.82, 2.24) is 18.9 Å². The Morgan fingerprint density at radius 2 is 1.54 bits per heavy atom. The third kappa shape index (κ3) is 3.33. The summed E-state index contributed by atoms with van der Waals surface area (Å²) in [4.78, 5) is 9.68. The van der Waals surface area contributed by atoms with Gasteiger partial charge >= 0.3 is 21.1 Å². The van der Waals surface area contributed by atoms with E-state index in [1.165, 1.54) is 27.4 Å². The molecule has 0 saturated carbocycles. The molecule has 5 heterocycles. The van der Waals surface area contributed by atoms with Crippen LogP contribution in [-0.4, -0.2) is 18.9 Å². The Balaban J connectivity index is 0.00000256. The second-order valence-electron chi connectivity index (χ2n) is 10.6. The van der Waals surface area contributed by atoms with Crippen LogP contribution in [0.1, 0.15) is 22.5 Å². The van der Waals surface area contributed by atoms with Gasteiger partial charge in [-0.25, -0.2) is 4.98 Å². The number of fused-ring (bicyclic) bond motifs is 11. The zero-order chi connectivity index (χ0) is 26.5. The molecule has 0 atom stereocenters. The molecule has 1 aliphatic rings. The fourth-order valence-corrected chi connectivity index (χ4v) is 6.45. The molecule has 4 aromatic heterocycles. The summed E-state index contributed by atoms with van der Waals surface area (Å²) in [5.41, 5.74) is 9.83. The summed E-state index contributed by atoms with van der Waals surface area (Å²) in [5.74, 6) is 1.28. The van der Waals surface area contributed by atoms with E-state index in [4.69, 9.17) is 14.7 Å². The number of benzene rings is 4. The average Bonchev–Trinajstić information content (AvgIpc) is 3.49. The first-order valence-electron chi connectivity index (χ1n) is 13.5. The molecule has 4 aromatic carbocycles. The molecule has 0 amide bonds. The van der Waals surface area contributed by atoms with Gasteiger partial charge in [0.05, 0.1) is 11.2 Å². The SMILES string of the molecule is Cc1nc2c3[c-]c(Oc4[c-]c5c(cc4)Cc4cccc6c7cccnc7n-5c46)ccc3c3ccccc3n2c1C.[Pt+2]. The molecule has 9 rings (SSSR count). The van der Waals surface area contributed by atoms with E-state index < -0.39 is 0 Å². The Hall–Kier alpha value is -4.47. The Morgan fingerprint density at radius 3 is 2.46 bits per heavy atom. The number of hydrogen-bond donors (Lipinski definition) is 0. The number of para-hydroxylation sites is 2. The quantitative estimate of drug-likeness (QED) is 0.135. The largest absolute Gasteiger partial charge is 2.00 e. The van der Waals surface area contributed by atoms with Gasteiger partial charge in [-0.05, 0) is 49.4 Å². The minimum absolute atomic E-state index is 0. The number of imidazole rings is 1. The van der Waals surface area contributed by atoms with Crippen molar-refractivity contribution in [2.45, 2.75) is 20.3 Å². The predicted molar refractivity (Wildman–Crippen MR) is 159 cm³/mol. The van der Waals surface area contributed by atoms with Crippen molar-refractivity contribution < 1.29 is 25.8 Å². The number of hydrogen-bond acceptors (Lipinski definition) is 3. The molecule has 0 radical (unpaired) electrons. The summed E-state index contributed by atoms with van der Waals surface area (Å²) in [7, 11) is 0. The van der Waals surface area contributed by atoms with Crippen LogP contribution in [0.4, 0.5) is 0 Å². The first-order valence-corrected chi connectivity index (χ1v) is 13.5. The normalized spacial score (nSPS) is 12.3. The number of rotatable bonds is 2. The van der Waals surface area contributed by atoms with E-state index in [0.717, 1.165) is 56.5 Å². The molecule has 0 fully saturated rings. The van der Waals surface area contributed by atoms with Crippen molar-refractivity contribution in [3.05, 3.63) is 120 Å². The van der Waals surface area contributed by atoms with Crippen molar-refractivity contribution in [2.75, 3.05) is 0 Å². The Labute approximate surface area is 250 Å². The Morgan fingerprint density at radius 1 is 0.732 bits per heavy atom. The minimum atomic E-state index is 0. The molecule has 8 aromatic rings. The molecule has 0 N–H and O–H groups in total. The van der Waals surface area contributed by atoms with Gasteiger partial charge < -0.3 is 13.7 Å². The number of ether oxygens (including phenoxy) is 1. The van der Waals surface area contributed by atoms with Gasteiger partial charge in [-0.15, -0.1) is 29.8 Å². The fraction of sp³-hybridized carbons (Fsp3) is 0.0857. The van der Waals surface area contributed by atoms with Gasteiger partial charge in [0.2, 0.25) is 0 Å². The van der Waals surface area contributed by atoms with Crippen molar-refractivity contribution in [1.29, 1.82) is 0 Å². The van der Waals surface area contributed by atoms with Crippen LogP contribution in [0.5, 0.6) is 11.5 Å². The maximum Gasteiger partial charge on any atom is 2.00 e. The smallest absolute Gasteiger partial charge is 0.503 e. The standard InChI is InChI=1S/C35H22N4O.Pt/c1-20-21(2)38-31-11-4-3-8-27(31)26-15-14-24(18-30(26)35(38)37-20)40-25-13-12-22-17-23-7-5-9-28-29-10-6-16-36-34(29)39(33(23)28)32(22)19-25;/h3-16H,17H2,1-2H3;/q-2;+2. The van der Waals surface area contributed by atoms with Crippen LogP contribution in [0.15, 0.2) is 85.1 Å². The number of aryl methyl sites for hydroxylation is 2. The zero-order valence-electron chi connectivity index (χ0n) is 22.3. The monoisotopic (exact) mass is 709 g/mol.